The van der Waals surface area contributed by atoms with Crippen LogP contribution >= 0.6 is 0 Å². The average molecular weight is 440 g/mol. The standard InChI is InChI=1S/C25H33N3O4/c1-19-12-23(32-26-19)17-28(3)15-21-10-11-24(30-4)25(13-21)31-18-22(29)16-27(2)14-20-8-6-5-7-9-20/h5-13,22,29H,14-18H2,1-4H3/t22-/m1/s1. The van der Waals surface area contributed by atoms with Gasteiger partial charge in [-0.05, 0) is 44.3 Å². The van der Waals surface area contributed by atoms with Crippen LogP contribution < -0.4 is 9.47 Å². The molecule has 3 rings (SSSR count). The van der Waals surface area contributed by atoms with Crippen molar-refractivity contribution in [1.82, 2.24) is 15.0 Å². The van der Waals surface area contributed by atoms with Gasteiger partial charge in [-0.3, -0.25) is 9.80 Å². The van der Waals surface area contributed by atoms with Crippen molar-refractivity contribution in [3.8, 4) is 11.5 Å². The Bertz CT molecular complexity index is 961. The first-order valence-electron chi connectivity index (χ1n) is 10.7. The number of methoxy groups -OCH3 is 1. The van der Waals surface area contributed by atoms with E-state index in [1.165, 1.54) is 5.56 Å². The first kappa shape index (κ1) is 23.8. The van der Waals surface area contributed by atoms with Crippen molar-refractivity contribution in [2.45, 2.75) is 32.7 Å². The lowest BCUT2D eigenvalue weighted by Gasteiger charge is -2.22. The Morgan fingerprint density at radius 1 is 0.938 bits per heavy atom. The molecule has 0 bridgehead atoms. The zero-order valence-electron chi connectivity index (χ0n) is 19.3. The number of likely N-dealkylation sites (N-methyl/N-ethyl adjacent to an activating group) is 1. The Morgan fingerprint density at radius 3 is 2.38 bits per heavy atom. The second-order valence-corrected chi connectivity index (χ2v) is 8.24. The minimum atomic E-state index is -0.616. The van der Waals surface area contributed by atoms with Gasteiger partial charge in [0.2, 0.25) is 0 Å². The van der Waals surface area contributed by atoms with E-state index in [4.69, 9.17) is 14.0 Å². The molecule has 32 heavy (non-hydrogen) atoms. The van der Waals surface area contributed by atoms with E-state index in [1.54, 1.807) is 7.11 Å². The van der Waals surface area contributed by atoms with E-state index in [-0.39, 0.29) is 6.61 Å². The Balaban J connectivity index is 1.53. The van der Waals surface area contributed by atoms with Crippen molar-refractivity contribution >= 4 is 0 Å². The lowest BCUT2D eigenvalue weighted by Crippen LogP contribution is -2.32. The van der Waals surface area contributed by atoms with E-state index in [0.29, 0.717) is 31.1 Å². The Hall–Kier alpha value is -2.87. The number of aromatic nitrogens is 1. The second kappa shape index (κ2) is 11.7. The van der Waals surface area contributed by atoms with Gasteiger partial charge in [-0.1, -0.05) is 41.6 Å². The van der Waals surface area contributed by atoms with Gasteiger partial charge < -0.3 is 19.1 Å². The van der Waals surface area contributed by atoms with Crippen LogP contribution in [0.4, 0.5) is 0 Å². The number of aliphatic hydroxyl groups is 1. The molecule has 7 nitrogen and oxygen atoms in total. The van der Waals surface area contributed by atoms with Crippen molar-refractivity contribution in [2.24, 2.45) is 0 Å². The fourth-order valence-corrected chi connectivity index (χ4v) is 3.61. The highest BCUT2D eigenvalue weighted by molar-refractivity contribution is 5.43. The summed E-state index contributed by atoms with van der Waals surface area (Å²) in [5.74, 6) is 2.10. The molecule has 0 aliphatic heterocycles. The van der Waals surface area contributed by atoms with Crippen molar-refractivity contribution in [3.63, 3.8) is 0 Å². The normalized spacial score (nSPS) is 12.3. The molecular formula is C25H33N3O4. The number of aryl methyl sites for hydroxylation is 1. The molecule has 0 amide bonds. The van der Waals surface area contributed by atoms with Gasteiger partial charge in [0.15, 0.2) is 17.3 Å². The third-order valence-corrected chi connectivity index (χ3v) is 5.03. The highest BCUT2D eigenvalue weighted by Crippen LogP contribution is 2.29. The van der Waals surface area contributed by atoms with Gasteiger partial charge in [0, 0.05) is 25.7 Å². The first-order chi connectivity index (χ1) is 15.4. The lowest BCUT2D eigenvalue weighted by atomic mass is 10.2. The molecule has 0 aliphatic rings. The molecule has 1 N–H and O–H groups in total. The van der Waals surface area contributed by atoms with Crippen LogP contribution in [0.1, 0.15) is 22.6 Å². The van der Waals surface area contributed by atoms with Gasteiger partial charge in [-0.2, -0.15) is 0 Å². The summed E-state index contributed by atoms with van der Waals surface area (Å²) in [7, 11) is 5.63. The van der Waals surface area contributed by atoms with Crippen molar-refractivity contribution in [3.05, 3.63) is 77.2 Å². The molecule has 0 saturated heterocycles. The van der Waals surface area contributed by atoms with Crippen LogP contribution in [0.25, 0.3) is 0 Å². The number of rotatable bonds is 12. The molecule has 172 valence electrons. The Kier molecular flexibility index (Phi) is 8.67. The zero-order valence-corrected chi connectivity index (χ0v) is 19.3. The predicted molar refractivity (Wildman–Crippen MR) is 124 cm³/mol. The maximum atomic E-state index is 10.5. The fourth-order valence-electron chi connectivity index (χ4n) is 3.61. The van der Waals surface area contributed by atoms with Gasteiger partial charge in [-0.25, -0.2) is 0 Å². The highest BCUT2D eigenvalue weighted by Gasteiger charge is 2.13. The van der Waals surface area contributed by atoms with Crippen molar-refractivity contribution in [2.75, 3.05) is 34.4 Å². The molecule has 0 aliphatic carbocycles. The van der Waals surface area contributed by atoms with E-state index < -0.39 is 6.10 Å². The SMILES string of the molecule is COc1ccc(CN(C)Cc2cc(C)no2)cc1OC[C@H](O)CN(C)Cc1ccccc1. The summed E-state index contributed by atoms with van der Waals surface area (Å²) in [6.45, 7) is 4.75. The van der Waals surface area contributed by atoms with Crippen LogP contribution in [0.3, 0.4) is 0 Å². The zero-order chi connectivity index (χ0) is 22.9. The summed E-state index contributed by atoms with van der Waals surface area (Å²) in [6.07, 6.45) is -0.616. The predicted octanol–water partition coefficient (Wildman–Crippen LogP) is 3.50. The maximum absolute atomic E-state index is 10.5. The van der Waals surface area contributed by atoms with E-state index in [1.807, 2.05) is 63.5 Å². The fraction of sp³-hybridized carbons (Fsp3) is 0.400. The molecule has 3 aromatic rings. The van der Waals surface area contributed by atoms with Gasteiger partial charge in [0.05, 0.1) is 19.3 Å². The van der Waals surface area contributed by atoms with E-state index in [0.717, 1.165) is 23.6 Å². The number of ether oxygens (including phenoxy) is 2. The summed E-state index contributed by atoms with van der Waals surface area (Å²) in [4.78, 5) is 4.22. The molecule has 2 aromatic carbocycles. The molecule has 0 saturated carbocycles. The van der Waals surface area contributed by atoms with Crippen LogP contribution in [0.5, 0.6) is 11.5 Å². The molecule has 7 heteroatoms. The topological polar surface area (TPSA) is 71.2 Å². The average Bonchev–Trinajstić information content (AvgIpc) is 3.17. The number of hydrogen-bond donors (Lipinski definition) is 1. The van der Waals surface area contributed by atoms with E-state index >= 15 is 0 Å². The van der Waals surface area contributed by atoms with Crippen molar-refractivity contribution in [1.29, 1.82) is 0 Å². The largest absolute Gasteiger partial charge is 0.493 e. The van der Waals surface area contributed by atoms with Crippen LogP contribution in [-0.4, -0.2) is 60.5 Å². The number of hydrogen-bond acceptors (Lipinski definition) is 7. The molecule has 0 radical (unpaired) electrons. The summed E-state index contributed by atoms with van der Waals surface area (Å²) in [5.41, 5.74) is 3.17. The number of benzene rings is 2. The summed E-state index contributed by atoms with van der Waals surface area (Å²) in [5, 5.41) is 14.4. The third-order valence-electron chi connectivity index (χ3n) is 5.03. The quantitative estimate of drug-likeness (QED) is 0.463. The summed E-state index contributed by atoms with van der Waals surface area (Å²) < 4.78 is 16.7. The molecule has 1 atom stereocenters. The molecule has 0 fully saturated rings. The van der Waals surface area contributed by atoms with Gasteiger partial charge >= 0.3 is 0 Å². The minimum Gasteiger partial charge on any atom is -0.493 e. The summed E-state index contributed by atoms with van der Waals surface area (Å²) in [6, 6.07) is 18.0. The van der Waals surface area contributed by atoms with Crippen LogP contribution in [0, 0.1) is 6.92 Å². The van der Waals surface area contributed by atoms with Crippen LogP contribution in [-0.2, 0) is 19.6 Å². The number of aliphatic hydroxyl groups excluding tert-OH is 1. The monoisotopic (exact) mass is 439 g/mol. The molecular weight excluding hydrogens is 406 g/mol. The lowest BCUT2D eigenvalue weighted by molar-refractivity contribution is 0.0732. The van der Waals surface area contributed by atoms with E-state index in [9.17, 15) is 5.11 Å². The first-order valence-corrected chi connectivity index (χ1v) is 10.7. The van der Waals surface area contributed by atoms with Crippen LogP contribution in [0.15, 0.2) is 59.1 Å². The highest BCUT2D eigenvalue weighted by atomic mass is 16.5. The van der Waals surface area contributed by atoms with Gasteiger partial charge in [-0.15, -0.1) is 0 Å². The van der Waals surface area contributed by atoms with E-state index in [2.05, 4.69) is 27.1 Å². The molecule has 1 aromatic heterocycles. The smallest absolute Gasteiger partial charge is 0.161 e. The van der Waals surface area contributed by atoms with Gasteiger partial charge in [0.1, 0.15) is 12.7 Å². The molecule has 0 unspecified atom stereocenters. The second-order valence-electron chi connectivity index (χ2n) is 8.24. The van der Waals surface area contributed by atoms with Gasteiger partial charge in [0.25, 0.3) is 0 Å². The minimum absolute atomic E-state index is 0.187. The third kappa shape index (κ3) is 7.37. The van der Waals surface area contributed by atoms with Crippen LogP contribution in [0.2, 0.25) is 0 Å². The summed E-state index contributed by atoms with van der Waals surface area (Å²) >= 11 is 0. The maximum Gasteiger partial charge on any atom is 0.161 e. The Labute approximate surface area is 190 Å². The van der Waals surface area contributed by atoms with Crippen molar-refractivity contribution < 1.29 is 19.1 Å². The Morgan fingerprint density at radius 2 is 1.69 bits per heavy atom. The molecule has 0 spiro atoms. The number of nitrogens with zero attached hydrogens (tertiary/aromatic N) is 3. The molecule has 1 heterocycles.